The lowest BCUT2D eigenvalue weighted by Crippen LogP contribution is -2.24. The maximum atomic E-state index is 13.5. The molecule has 3 aromatic heterocycles. The van der Waals surface area contributed by atoms with Crippen LogP contribution in [0.1, 0.15) is 22.6 Å². The van der Waals surface area contributed by atoms with Crippen molar-refractivity contribution >= 4 is 16.9 Å². The molecule has 2 N–H and O–H groups in total. The highest BCUT2D eigenvalue weighted by atomic mass is 19.1. The number of rotatable bonds is 7. The van der Waals surface area contributed by atoms with Crippen LogP contribution in [0.3, 0.4) is 0 Å². The zero-order valence-corrected chi connectivity index (χ0v) is 17.6. The number of aryl methyl sites for hydroxylation is 1. The van der Waals surface area contributed by atoms with Crippen molar-refractivity contribution in [1.29, 1.82) is 0 Å². The van der Waals surface area contributed by atoms with Gasteiger partial charge in [-0.1, -0.05) is 0 Å². The maximum Gasteiger partial charge on any atom is 0.251 e. The first-order valence-corrected chi connectivity index (χ1v) is 10.5. The molecule has 2 aromatic carbocycles. The van der Waals surface area contributed by atoms with E-state index in [9.17, 15) is 9.18 Å². The predicted octanol–water partition coefficient (Wildman–Crippen LogP) is 3.71. The third kappa shape index (κ3) is 4.47. The molecule has 0 unspecified atom stereocenters. The summed E-state index contributed by atoms with van der Waals surface area (Å²) in [7, 11) is 0. The van der Waals surface area contributed by atoms with Crippen LogP contribution in [-0.4, -0.2) is 42.2 Å². The summed E-state index contributed by atoms with van der Waals surface area (Å²) in [6.07, 6.45) is 8.44. The van der Waals surface area contributed by atoms with Gasteiger partial charge in [0.15, 0.2) is 5.82 Å². The minimum Gasteiger partial charge on any atom is -0.352 e. The van der Waals surface area contributed by atoms with Crippen LogP contribution in [0, 0.1) is 5.82 Å². The van der Waals surface area contributed by atoms with Crippen LogP contribution in [0.5, 0.6) is 0 Å². The number of aromatic amines is 1. The van der Waals surface area contributed by atoms with Crippen molar-refractivity contribution in [3.63, 3.8) is 0 Å². The molecule has 0 radical (unpaired) electrons. The molecule has 3 heterocycles. The van der Waals surface area contributed by atoms with E-state index in [1.54, 1.807) is 65.9 Å². The smallest absolute Gasteiger partial charge is 0.251 e. The van der Waals surface area contributed by atoms with Crippen molar-refractivity contribution in [2.24, 2.45) is 0 Å². The van der Waals surface area contributed by atoms with Crippen molar-refractivity contribution in [2.45, 2.75) is 12.8 Å². The third-order valence-electron chi connectivity index (χ3n) is 5.18. The molecule has 0 aliphatic heterocycles. The van der Waals surface area contributed by atoms with Gasteiger partial charge in [0, 0.05) is 48.9 Å². The first-order valence-electron chi connectivity index (χ1n) is 10.5. The van der Waals surface area contributed by atoms with E-state index in [-0.39, 0.29) is 11.7 Å². The first-order chi connectivity index (χ1) is 16.2. The Balaban J connectivity index is 1.43. The van der Waals surface area contributed by atoms with Crippen LogP contribution in [0.25, 0.3) is 28.1 Å². The van der Waals surface area contributed by atoms with E-state index in [0.717, 1.165) is 18.7 Å². The molecule has 0 saturated heterocycles. The fourth-order valence-corrected chi connectivity index (χ4v) is 3.54. The summed E-state index contributed by atoms with van der Waals surface area (Å²) in [5, 5.41) is 7.20. The summed E-state index contributed by atoms with van der Waals surface area (Å²) in [5.74, 6) is 0.901. The molecule has 0 aliphatic rings. The summed E-state index contributed by atoms with van der Waals surface area (Å²) in [6, 6.07) is 13.0. The second-order valence-corrected chi connectivity index (χ2v) is 7.45. The van der Waals surface area contributed by atoms with Gasteiger partial charge in [-0.15, -0.1) is 0 Å². The summed E-state index contributed by atoms with van der Waals surface area (Å²) < 4.78 is 15.1. The Hall–Kier alpha value is -4.40. The Morgan fingerprint density at radius 3 is 2.70 bits per heavy atom. The highest BCUT2D eigenvalue weighted by molar-refractivity contribution is 5.97. The van der Waals surface area contributed by atoms with Gasteiger partial charge in [-0.05, 0) is 55.0 Å². The summed E-state index contributed by atoms with van der Waals surface area (Å²) in [4.78, 5) is 29.4. The molecule has 5 rings (SSSR count). The van der Waals surface area contributed by atoms with Crippen LogP contribution in [0.15, 0.2) is 73.3 Å². The predicted molar refractivity (Wildman–Crippen MR) is 121 cm³/mol. The number of carbonyl (C=O) groups excluding carboxylic acids is 1. The topological polar surface area (TPSA) is 101 Å². The number of carbonyl (C=O) groups is 1. The average molecular weight is 441 g/mol. The average Bonchev–Trinajstić information content (AvgIpc) is 3.56. The maximum absolute atomic E-state index is 13.5. The highest BCUT2D eigenvalue weighted by Crippen LogP contribution is 2.26. The molecule has 5 aromatic rings. The van der Waals surface area contributed by atoms with Crippen LogP contribution < -0.4 is 5.32 Å². The monoisotopic (exact) mass is 441 g/mol. The number of nitrogens with one attached hydrogen (secondary N) is 2. The van der Waals surface area contributed by atoms with Crippen molar-refractivity contribution in [1.82, 2.24) is 35.0 Å². The van der Waals surface area contributed by atoms with Gasteiger partial charge in [0.2, 0.25) is 0 Å². The quantitative estimate of drug-likeness (QED) is 0.375. The van der Waals surface area contributed by atoms with Crippen molar-refractivity contribution < 1.29 is 9.18 Å². The zero-order valence-electron chi connectivity index (χ0n) is 17.6. The number of nitrogens with zero attached hydrogens (tertiary/aromatic N) is 5. The van der Waals surface area contributed by atoms with Gasteiger partial charge in [-0.25, -0.2) is 24.0 Å². The molecule has 0 fully saturated rings. The van der Waals surface area contributed by atoms with E-state index in [0.29, 0.717) is 40.2 Å². The molecular formula is C24H20FN7O. The van der Waals surface area contributed by atoms with Crippen LogP contribution in [0.4, 0.5) is 4.39 Å². The molecule has 33 heavy (non-hydrogen) atoms. The van der Waals surface area contributed by atoms with E-state index in [1.807, 2.05) is 0 Å². The number of benzene rings is 2. The van der Waals surface area contributed by atoms with E-state index in [4.69, 9.17) is 9.97 Å². The van der Waals surface area contributed by atoms with Gasteiger partial charge < -0.3 is 10.3 Å². The Morgan fingerprint density at radius 2 is 1.94 bits per heavy atom. The van der Waals surface area contributed by atoms with Crippen molar-refractivity contribution in [3.05, 3.63) is 90.5 Å². The third-order valence-corrected chi connectivity index (χ3v) is 5.18. The standard InChI is InChI=1S/C24H20FN7O/c25-18-7-4-16(5-8-18)22-23(32-14-2-11-29-32)31-19-9-6-17(15-20(19)30-22)24(33)28-10-1-3-21-26-12-13-27-21/h2,4-9,11-15H,1,3,10H2,(H,26,27)(H,28,33). The Labute approximate surface area is 188 Å². The molecule has 164 valence electrons. The summed E-state index contributed by atoms with van der Waals surface area (Å²) >= 11 is 0. The molecule has 9 heteroatoms. The van der Waals surface area contributed by atoms with Gasteiger partial charge >= 0.3 is 0 Å². The molecule has 8 nitrogen and oxygen atoms in total. The molecular weight excluding hydrogens is 421 g/mol. The van der Waals surface area contributed by atoms with Crippen LogP contribution in [-0.2, 0) is 6.42 Å². The van der Waals surface area contributed by atoms with Gasteiger partial charge in [-0.3, -0.25) is 4.79 Å². The fourth-order valence-electron chi connectivity index (χ4n) is 3.54. The van der Waals surface area contributed by atoms with Gasteiger partial charge in [-0.2, -0.15) is 5.10 Å². The van der Waals surface area contributed by atoms with Crippen LogP contribution >= 0.6 is 0 Å². The number of aromatic nitrogens is 6. The number of hydrogen-bond acceptors (Lipinski definition) is 5. The van der Waals surface area contributed by atoms with E-state index < -0.39 is 0 Å². The van der Waals surface area contributed by atoms with Crippen molar-refractivity contribution in [3.8, 4) is 17.1 Å². The largest absolute Gasteiger partial charge is 0.352 e. The van der Waals surface area contributed by atoms with E-state index in [2.05, 4.69) is 20.4 Å². The van der Waals surface area contributed by atoms with Gasteiger partial charge in [0.05, 0.1) is 11.0 Å². The Kier molecular flexibility index (Phi) is 5.59. The zero-order chi connectivity index (χ0) is 22.6. The second-order valence-electron chi connectivity index (χ2n) is 7.45. The summed E-state index contributed by atoms with van der Waals surface area (Å²) in [6.45, 7) is 0.530. The lowest BCUT2D eigenvalue weighted by molar-refractivity contribution is 0.0953. The number of fused-ring (bicyclic) bond motifs is 1. The number of halogens is 1. The second kappa shape index (κ2) is 8.99. The Bertz CT molecular complexity index is 1380. The van der Waals surface area contributed by atoms with Gasteiger partial charge in [0.25, 0.3) is 5.91 Å². The molecule has 0 saturated carbocycles. The molecule has 0 spiro atoms. The van der Waals surface area contributed by atoms with Gasteiger partial charge in [0.1, 0.15) is 17.3 Å². The molecule has 0 bridgehead atoms. The van der Waals surface area contributed by atoms with E-state index in [1.165, 1.54) is 12.1 Å². The molecule has 1 amide bonds. The van der Waals surface area contributed by atoms with Crippen molar-refractivity contribution in [2.75, 3.05) is 6.54 Å². The first kappa shape index (κ1) is 20.5. The van der Waals surface area contributed by atoms with E-state index >= 15 is 0 Å². The number of imidazole rings is 1. The summed E-state index contributed by atoms with van der Waals surface area (Å²) in [5.41, 5.74) is 2.92. The lowest BCUT2D eigenvalue weighted by atomic mass is 10.1. The fraction of sp³-hybridized carbons (Fsp3) is 0.125. The lowest BCUT2D eigenvalue weighted by Gasteiger charge is -2.11. The normalized spacial score (nSPS) is 11.1. The minimum absolute atomic E-state index is 0.183. The minimum atomic E-state index is -0.334. The SMILES string of the molecule is O=C(NCCCc1ncc[nH]1)c1ccc2nc(-n3cccn3)c(-c3ccc(F)cc3)nc2c1. The molecule has 0 aliphatic carbocycles. The highest BCUT2D eigenvalue weighted by Gasteiger charge is 2.15. The van der Waals surface area contributed by atoms with Crippen LogP contribution in [0.2, 0.25) is 0 Å². The number of H-pyrrole nitrogens is 1. The number of amides is 1. The number of hydrogen-bond donors (Lipinski definition) is 2. The Morgan fingerprint density at radius 1 is 1.06 bits per heavy atom. The molecule has 0 atom stereocenters.